The van der Waals surface area contributed by atoms with Crippen LogP contribution in [0.4, 0.5) is 8.63 Å². The standard InChI is InChI=1S/C23H33BF2N2Si/c1-15(2)29(16(3)4,17(5)6)13-12-21-10-11-22(28(21)24(25)26)20(9)23-18(7)14-19(8)27-23/h10-11,14-17H,1-9H3/b23-20-. The van der Waals surface area contributed by atoms with Gasteiger partial charge in [0.1, 0.15) is 8.07 Å². The Morgan fingerprint density at radius 1 is 1.03 bits per heavy atom. The minimum atomic E-state index is -2.65. The maximum Gasteiger partial charge on any atom is 0.678 e. The van der Waals surface area contributed by atoms with E-state index in [0.717, 1.165) is 27.0 Å². The van der Waals surface area contributed by atoms with Gasteiger partial charge in [0.2, 0.25) is 0 Å². The van der Waals surface area contributed by atoms with Gasteiger partial charge in [0.15, 0.2) is 0 Å². The van der Waals surface area contributed by atoms with Crippen LogP contribution in [0, 0.1) is 11.5 Å². The van der Waals surface area contributed by atoms with Gasteiger partial charge in [-0.1, -0.05) is 47.5 Å². The Morgan fingerprint density at radius 2 is 1.59 bits per heavy atom. The molecule has 0 saturated carbocycles. The van der Waals surface area contributed by atoms with E-state index >= 15 is 0 Å². The molecule has 0 atom stereocenters. The molecule has 0 bridgehead atoms. The molecular weight excluding hydrogens is 381 g/mol. The van der Waals surface area contributed by atoms with Gasteiger partial charge in [-0.3, -0.25) is 13.6 Å². The third-order valence-corrected chi connectivity index (χ3v) is 12.5. The highest BCUT2D eigenvalue weighted by Crippen LogP contribution is 2.41. The smallest absolute Gasteiger partial charge is 0.318 e. The lowest BCUT2D eigenvalue weighted by Crippen LogP contribution is -2.43. The number of nitrogens with zero attached hydrogens (tertiary/aromatic N) is 2. The van der Waals surface area contributed by atoms with Crippen molar-refractivity contribution in [1.29, 1.82) is 0 Å². The number of aliphatic imine (C=N–C) groups is 1. The second-order valence-corrected chi connectivity index (χ2v) is 14.5. The molecule has 0 amide bonds. The normalized spacial score (nSPS) is 16.2. The molecule has 0 spiro atoms. The SMILES string of the molecule is CC1=CC(C)=N/C1=C(/C)c1ccc(C#C[Si](C(C)C)(C(C)C)C(C)C)n1B(F)F. The summed E-state index contributed by atoms with van der Waals surface area (Å²) in [5.74, 6) is 3.19. The summed E-state index contributed by atoms with van der Waals surface area (Å²) in [6.45, 7) is 19.1. The van der Waals surface area contributed by atoms with Gasteiger partial charge in [-0.15, -0.1) is 5.54 Å². The highest BCUT2D eigenvalue weighted by Gasteiger charge is 2.41. The number of halogens is 2. The molecule has 0 aliphatic carbocycles. The Morgan fingerprint density at radius 3 is 2.00 bits per heavy atom. The number of allylic oxidation sites excluding steroid dienone is 3. The minimum Gasteiger partial charge on any atom is -0.318 e. The first-order chi connectivity index (χ1) is 13.4. The summed E-state index contributed by atoms with van der Waals surface area (Å²) in [6.07, 6.45) is 1.98. The molecule has 0 fully saturated rings. The fourth-order valence-corrected chi connectivity index (χ4v) is 10.1. The fourth-order valence-electron chi connectivity index (χ4n) is 4.85. The molecule has 1 aromatic rings. The molecule has 29 heavy (non-hydrogen) atoms. The second-order valence-electron chi connectivity index (χ2n) is 8.95. The van der Waals surface area contributed by atoms with Crippen LogP contribution in [0.25, 0.3) is 5.57 Å². The van der Waals surface area contributed by atoms with Crippen molar-refractivity contribution in [2.75, 3.05) is 0 Å². The first-order valence-electron chi connectivity index (χ1n) is 10.4. The Balaban J connectivity index is 2.64. The Bertz CT molecular complexity index is 903. The maximum absolute atomic E-state index is 14.1. The van der Waals surface area contributed by atoms with Crippen LogP contribution < -0.4 is 0 Å². The van der Waals surface area contributed by atoms with Gasteiger partial charge in [-0.05, 0) is 66.7 Å². The van der Waals surface area contributed by atoms with Gasteiger partial charge in [0.25, 0.3) is 0 Å². The first-order valence-corrected chi connectivity index (χ1v) is 12.6. The van der Waals surface area contributed by atoms with Crippen LogP contribution in [0.1, 0.15) is 73.7 Å². The van der Waals surface area contributed by atoms with E-state index in [1.807, 2.05) is 26.8 Å². The van der Waals surface area contributed by atoms with Gasteiger partial charge >= 0.3 is 7.40 Å². The van der Waals surface area contributed by atoms with Gasteiger partial charge < -0.3 is 4.48 Å². The summed E-state index contributed by atoms with van der Waals surface area (Å²) in [5, 5.41) is 0. The maximum atomic E-state index is 14.1. The first kappa shape index (κ1) is 23.4. The van der Waals surface area contributed by atoms with Crippen LogP contribution >= 0.6 is 0 Å². The van der Waals surface area contributed by atoms with Crippen LogP contribution in [0.3, 0.4) is 0 Å². The summed E-state index contributed by atoms with van der Waals surface area (Å²) >= 11 is 0. The lowest BCUT2D eigenvalue weighted by molar-refractivity contribution is 0.626. The van der Waals surface area contributed by atoms with Gasteiger partial charge in [-0.25, -0.2) is 0 Å². The predicted octanol–water partition coefficient (Wildman–Crippen LogP) is 6.98. The number of hydrogen-bond acceptors (Lipinski definition) is 1. The van der Waals surface area contributed by atoms with Crippen LogP contribution in [-0.2, 0) is 0 Å². The minimum absolute atomic E-state index is 0.383. The molecular formula is C23H33BF2N2Si. The van der Waals surface area contributed by atoms with E-state index in [2.05, 4.69) is 58.0 Å². The lowest BCUT2D eigenvalue weighted by atomic mass is 10.1. The van der Waals surface area contributed by atoms with Crippen molar-refractivity contribution in [2.24, 2.45) is 4.99 Å². The average molecular weight is 414 g/mol. The van der Waals surface area contributed by atoms with E-state index in [1.54, 1.807) is 12.1 Å². The summed E-state index contributed by atoms with van der Waals surface area (Å²) < 4.78 is 29.2. The van der Waals surface area contributed by atoms with Gasteiger partial charge in [0, 0.05) is 11.4 Å². The highest BCUT2D eigenvalue weighted by atomic mass is 28.3. The zero-order valence-corrected chi connectivity index (χ0v) is 20.2. The van der Waals surface area contributed by atoms with Crippen LogP contribution in [0.2, 0.25) is 16.6 Å². The lowest BCUT2D eigenvalue weighted by Gasteiger charge is -2.38. The zero-order chi connectivity index (χ0) is 22.1. The Hall–Kier alpha value is -1.87. The fraction of sp³-hybridized carbons (Fsp3) is 0.522. The summed E-state index contributed by atoms with van der Waals surface area (Å²) in [5.41, 5.74) is 9.22. The highest BCUT2D eigenvalue weighted by molar-refractivity contribution is 6.90. The Kier molecular flexibility index (Phi) is 7.16. The molecule has 2 rings (SSSR count). The predicted molar refractivity (Wildman–Crippen MR) is 125 cm³/mol. The van der Waals surface area contributed by atoms with E-state index < -0.39 is 15.5 Å². The summed E-state index contributed by atoms with van der Waals surface area (Å²) in [7, 11) is -4.64. The second kappa shape index (κ2) is 8.87. The van der Waals surface area contributed by atoms with Crippen molar-refractivity contribution < 1.29 is 8.63 Å². The van der Waals surface area contributed by atoms with Crippen molar-refractivity contribution in [1.82, 2.24) is 4.48 Å². The molecule has 2 heterocycles. The quantitative estimate of drug-likeness (QED) is 0.365. The number of aromatic nitrogens is 1. The Labute approximate surface area is 176 Å². The third kappa shape index (κ3) is 4.35. The van der Waals surface area contributed by atoms with Crippen molar-refractivity contribution in [3.63, 3.8) is 0 Å². The number of hydrogen-bond donors (Lipinski definition) is 0. The largest absolute Gasteiger partial charge is 0.678 e. The average Bonchev–Trinajstić information content (AvgIpc) is 3.16. The van der Waals surface area contributed by atoms with E-state index in [4.69, 9.17) is 0 Å². The van der Waals surface area contributed by atoms with Crippen LogP contribution in [0.15, 0.2) is 34.5 Å². The molecule has 1 aliphatic rings. The topological polar surface area (TPSA) is 17.3 Å². The van der Waals surface area contributed by atoms with Crippen molar-refractivity contribution >= 4 is 26.8 Å². The van der Waals surface area contributed by atoms with Crippen molar-refractivity contribution in [2.45, 2.75) is 78.9 Å². The zero-order valence-electron chi connectivity index (χ0n) is 19.2. The molecule has 156 valence electrons. The summed E-state index contributed by atoms with van der Waals surface area (Å²) in [6, 6.07) is 3.47. The molecule has 0 saturated heterocycles. The molecule has 1 aromatic heterocycles. The molecule has 0 aromatic carbocycles. The molecule has 0 N–H and O–H groups in total. The third-order valence-electron chi connectivity index (χ3n) is 6.21. The number of rotatable bonds is 5. The molecule has 2 nitrogen and oxygen atoms in total. The monoisotopic (exact) mass is 414 g/mol. The molecule has 6 heteroatoms. The molecule has 1 aliphatic heterocycles. The van der Waals surface area contributed by atoms with Crippen molar-refractivity contribution in [3.8, 4) is 11.5 Å². The molecule has 0 unspecified atom stereocenters. The van der Waals surface area contributed by atoms with Crippen LogP contribution in [0.5, 0.6) is 0 Å². The van der Waals surface area contributed by atoms with Crippen LogP contribution in [-0.4, -0.2) is 25.7 Å². The van der Waals surface area contributed by atoms with E-state index in [-0.39, 0.29) is 0 Å². The van der Waals surface area contributed by atoms with E-state index in [0.29, 0.717) is 28.0 Å². The van der Waals surface area contributed by atoms with E-state index in [1.165, 1.54) is 0 Å². The van der Waals surface area contributed by atoms with E-state index in [9.17, 15) is 8.63 Å². The van der Waals surface area contributed by atoms with Crippen molar-refractivity contribution in [3.05, 3.63) is 40.9 Å². The summed E-state index contributed by atoms with van der Waals surface area (Å²) in [4.78, 5) is 4.53. The molecule has 0 radical (unpaired) electrons. The van der Waals surface area contributed by atoms with Gasteiger partial charge in [-0.2, -0.15) is 0 Å². The van der Waals surface area contributed by atoms with Gasteiger partial charge in [0.05, 0.1) is 11.4 Å².